The lowest BCUT2D eigenvalue weighted by molar-refractivity contribution is 0.164. The van der Waals surface area contributed by atoms with Crippen molar-refractivity contribution in [3.05, 3.63) is 59.2 Å². The van der Waals surface area contributed by atoms with E-state index in [1.165, 1.54) is 6.07 Å². The predicted molar refractivity (Wildman–Crippen MR) is 80.5 cm³/mol. The molecule has 0 unspecified atom stereocenters. The Hall–Kier alpha value is -2.18. The number of benzene rings is 2. The van der Waals surface area contributed by atoms with Crippen LogP contribution in [-0.2, 0) is 6.54 Å². The number of halogens is 2. The Balaban J connectivity index is 1.61. The maximum atomic E-state index is 13.6. The van der Waals surface area contributed by atoms with Gasteiger partial charge in [0.25, 0.3) is 0 Å². The zero-order chi connectivity index (χ0) is 16.2. The van der Waals surface area contributed by atoms with Crippen LogP contribution in [0.5, 0.6) is 11.5 Å². The Labute approximate surface area is 132 Å². The SMILES string of the molecule is O[C@@H](CNCc1cccc2c1OCCO2)c1ccc(F)cc1F. The molecule has 6 heteroatoms. The van der Waals surface area contributed by atoms with E-state index >= 15 is 0 Å². The lowest BCUT2D eigenvalue weighted by Crippen LogP contribution is -2.23. The van der Waals surface area contributed by atoms with Crippen molar-refractivity contribution in [2.24, 2.45) is 0 Å². The minimum Gasteiger partial charge on any atom is -0.486 e. The standard InChI is InChI=1S/C17H17F2NO3/c18-12-4-5-13(14(19)8-12)15(21)10-20-9-11-2-1-3-16-17(11)23-7-6-22-16/h1-5,8,15,20-21H,6-7,9-10H2/t15-/m0/s1. The van der Waals surface area contributed by atoms with E-state index in [1.54, 1.807) is 0 Å². The molecule has 23 heavy (non-hydrogen) atoms. The van der Waals surface area contributed by atoms with E-state index in [1.807, 2.05) is 18.2 Å². The molecule has 1 aliphatic heterocycles. The molecule has 4 nitrogen and oxygen atoms in total. The van der Waals surface area contributed by atoms with E-state index in [-0.39, 0.29) is 12.1 Å². The first kappa shape index (κ1) is 15.7. The molecule has 0 amide bonds. The largest absolute Gasteiger partial charge is 0.486 e. The zero-order valence-corrected chi connectivity index (χ0v) is 12.4. The fraction of sp³-hybridized carbons (Fsp3) is 0.294. The van der Waals surface area contributed by atoms with Crippen molar-refractivity contribution in [1.29, 1.82) is 0 Å². The van der Waals surface area contributed by atoms with Gasteiger partial charge in [-0.3, -0.25) is 0 Å². The van der Waals surface area contributed by atoms with Crippen LogP contribution < -0.4 is 14.8 Å². The highest BCUT2D eigenvalue weighted by Crippen LogP contribution is 2.33. The van der Waals surface area contributed by atoms with Gasteiger partial charge in [-0.25, -0.2) is 8.78 Å². The number of nitrogens with one attached hydrogen (secondary N) is 1. The molecule has 0 spiro atoms. The van der Waals surface area contributed by atoms with Crippen molar-refractivity contribution < 1.29 is 23.4 Å². The minimum absolute atomic E-state index is 0.0635. The fourth-order valence-corrected chi connectivity index (χ4v) is 2.50. The van der Waals surface area contributed by atoms with Crippen molar-refractivity contribution >= 4 is 0 Å². The van der Waals surface area contributed by atoms with Crippen LogP contribution in [0.15, 0.2) is 36.4 Å². The van der Waals surface area contributed by atoms with Crippen LogP contribution in [0.1, 0.15) is 17.2 Å². The van der Waals surface area contributed by atoms with E-state index < -0.39 is 17.7 Å². The molecular weight excluding hydrogens is 304 g/mol. The Morgan fingerprint density at radius 3 is 2.78 bits per heavy atom. The van der Waals surface area contributed by atoms with Gasteiger partial charge >= 0.3 is 0 Å². The van der Waals surface area contributed by atoms with Gasteiger partial charge in [-0.05, 0) is 12.1 Å². The summed E-state index contributed by atoms with van der Waals surface area (Å²) in [7, 11) is 0. The summed E-state index contributed by atoms with van der Waals surface area (Å²) >= 11 is 0. The third kappa shape index (κ3) is 3.60. The number of para-hydroxylation sites is 1. The molecule has 1 atom stereocenters. The number of aliphatic hydroxyl groups excluding tert-OH is 1. The van der Waals surface area contributed by atoms with Gasteiger partial charge in [-0.15, -0.1) is 0 Å². The van der Waals surface area contributed by atoms with Gasteiger partial charge in [0, 0.05) is 30.3 Å². The van der Waals surface area contributed by atoms with E-state index in [9.17, 15) is 13.9 Å². The molecule has 0 radical (unpaired) electrons. The second-order valence-corrected chi connectivity index (χ2v) is 5.25. The van der Waals surface area contributed by atoms with Gasteiger partial charge < -0.3 is 19.9 Å². The fourth-order valence-electron chi connectivity index (χ4n) is 2.50. The number of ether oxygens (including phenoxy) is 2. The maximum absolute atomic E-state index is 13.6. The predicted octanol–water partition coefficient (Wildman–Crippen LogP) is 2.56. The summed E-state index contributed by atoms with van der Waals surface area (Å²) in [6, 6.07) is 8.72. The van der Waals surface area contributed by atoms with Gasteiger partial charge in [0.15, 0.2) is 11.5 Å². The highest BCUT2D eigenvalue weighted by atomic mass is 19.1. The van der Waals surface area contributed by atoms with Crippen LogP contribution >= 0.6 is 0 Å². The summed E-state index contributed by atoms with van der Waals surface area (Å²) < 4.78 is 37.6. The van der Waals surface area contributed by atoms with Gasteiger partial charge in [-0.1, -0.05) is 18.2 Å². The summed E-state index contributed by atoms with van der Waals surface area (Å²) in [5.41, 5.74) is 0.961. The molecule has 0 saturated carbocycles. The van der Waals surface area contributed by atoms with Gasteiger partial charge in [0.05, 0.1) is 6.10 Å². The van der Waals surface area contributed by atoms with Crippen LogP contribution in [0, 0.1) is 11.6 Å². The summed E-state index contributed by atoms with van der Waals surface area (Å²) in [4.78, 5) is 0. The van der Waals surface area contributed by atoms with Crippen molar-refractivity contribution in [1.82, 2.24) is 5.32 Å². The van der Waals surface area contributed by atoms with E-state index in [4.69, 9.17) is 9.47 Å². The number of hydrogen-bond acceptors (Lipinski definition) is 4. The third-order valence-electron chi connectivity index (χ3n) is 3.62. The van der Waals surface area contributed by atoms with Crippen molar-refractivity contribution in [3.8, 4) is 11.5 Å². The molecule has 0 bridgehead atoms. The summed E-state index contributed by atoms with van der Waals surface area (Å²) in [6.07, 6.45) is -1.06. The van der Waals surface area contributed by atoms with Crippen LogP contribution in [0.2, 0.25) is 0 Å². The average Bonchev–Trinajstić information content (AvgIpc) is 2.55. The molecule has 0 aliphatic carbocycles. The number of hydrogen-bond donors (Lipinski definition) is 2. The number of fused-ring (bicyclic) bond motifs is 1. The molecule has 0 aromatic heterocycles. The smallest absolute Gasteiger partial charge is 0.165 e. The Kier molecular flexibility index (Phi) is 4.73. The molecule has 1 aliphatic rings. The first-order chi connectivity index (χ1) is 11.1. The van der Waals surface area contributed by atoms with Gasteiger partial charge in [0.2, 0.25) is 0 Å². The monoisotopic (exact) mass is 321 g/mol. The lowest BCUT2D eigenvalue weighted by Gasteiger charge is -2.21. The van der Waals surface area contributed by atoms with E-state index in [0.29, 0.717) is 31.3 Å². The number of aliphatic hydroxyl groups is 1. The number of rotatable bonds is 5. The quantitative estimate of drug-likeness (QED) is 0.889. The molecule has 1 heterocycles. The van der Waals surface area contributed by atoms with Gasteiger partial charge in [-0.2, -0.15) is 0 Å². The summed E-state index contributed by atoms with van der Waals surface area (Å²) in [5, 5.41) is 13.1. The van der Waals surface area contributed by atoms with Crippen molar-refractivity contribution in [2.45, 2.75) is 12.6 Å². The molecule has 2 N–H and O–H groups in total. The van der Waals surface area contributed by atoms with Crippen molar-refractivity contribution in [2.75, 3.05) is 19.8 Å². The Morgan fingerprint density at radius 2 is 1.96 bits per heavy atom. The molecule has 122 valence electrons. The molecule has 0 fully saturated rings. The topological polar surface area (TPSA) is 50.7 Å². The molecular formula is C17H17F2NO3. The average molecular weight is 321 g/mol. The van der Waals surface area contributed by atoms with Crippen LogP contribution in [-0.4, -0.2) is 24.9 Å². The molecule has 0 saturated heterocycles. The summed E-state index contributed by atoms with van der Waals surface area (Å²) in [6.45, 7) is 1.58. The van der Waals surface area contributed by atoms with Crippen LogP contribution in [0.3, 0.4) is 0 Å². The van der Waals surface area contributed by atoms with Crippen LogP contribution in [0.25, 0.3) is 0 Å². The van der Waals surface area contributed by atoms with Gasteiger partial charge in [0.1, 0.15) is 24.8 Å². The zero-order valence-electron chi connectivity index (χ0n) is 12.4. The second-order valence-electron chi connectivity index (χ2n) is 5.25. The van der Waals surface area contributed by atoms with Crippen molar-refractivity contribution in [3.63, 3.8) is 0 Å². The third-order valence-corrected chi connectivity index (χ3v) is 3.62. The van der Waals surface area contributed by atoms with E-state index in [2.05, 4.69) is 5.32 Å². The highest BCUT2D eigenvalue weighted by molar-refractivity contribution is 5.47. The lowest BCUT2D eigenvalue weighted by atomic mass is 10.1. The first-order valence-corrected chi connectivity index (χ1v) is 7.36. The Morgan fingerprint density at radius 1 is 1.13 bits per heavy atom. The normalized spacial score (nSPS) is 14.6. The highest BCUT2D eigenvalue weighted by Gasteiger charge is 2.17. The molecule has 2 aromatic carbocycles. The van der Waals surface area contributed by atoms with E-state index in [0.717, 1.165) is 17.7 Å². The molecule has 3 rings (SSSR count). The van der Waals surface area contributed by atoms with Crippen LogP contribution in [0.4, 0.5) is 8.78 Å². The summed E-state index contributed by atoms with van der Waals surface area (Å²) in [5.74, 6) is -0.0398. The molecule has 2 aromatic rings. The maximum Gasteiger partial charge on any atom is 0.165 e. The second kappa shape index (κ2) is 6.93. The minimum atomic E-state index is -1.06. The Bertz CT molecular complexity index is 694. The first-order valence-electron chi connectivity index (χ1n) is 7.36.